The Hall–Kier alpha value is -0.900. The van der Waals surface area contributed by atoms with Crippen LogP contribution in [0.3, 0.4) is 0 Å². The minimum Gasteiger partial charge on any atom is -0.309 e. The quantitative estimate of drug-likeness (QED) is 0.862. The van der Waals surface area contributed by atoms with Gasteiger partial charge in [0, 0.05) is 34.8 Å². The number of rotatable bonds is 6. The third kappa shape index (κ3) is 2.87. The van der Waals surface area contributed by atoms with E-state index in [4.69, 9.17) is 0 Å². The van der Waals surface area contributed by atoms with Gasteiger partial charge < -0.3 is 5.32 Å². The van der Waals surface area contributed by atoms with Gasteiger partial charge in [0.05, 0.1) is 0 Å². The predicted octanol–water partition coefficient (Wildman–Crippen LogP) is 4.14. The molecular weight excluding hydrogens is 276 g/mol. The molecule has 2 aromatic rings. The van der Waals surface area contributed by atoms with Crippen molar-refractivity contribution in [1.82, 2.24) is 10.2 Å². The van der Waals surface area contributed by atoms with Gasteiger partial charge in [0.15, 0.2) is 0 Å². The topological polar surface area (TPSA) is 15.3 Å². The molecule has 0 bridgehead atoms. The van der Waals surface area contributed by atoms with Crippen LogP contribution in [0, 0.1) is 0 Å². The smallest absolute Gasteiger partial charge is 0.0349 e. The summed E-state index contributed by atoms with van der Waals surface area (Å²) in [6.45, 7) is 2.16. The minimum atomic E-state index is 0.785. The molecule has 4 rings (SSSR count). The Labute approximate surface area is 131 Å². The van der Waals surface area contributed by atoms with Crippen molar-refractivity contribution >= 4 is 21.4 Å². The lowest BCUT2D eigenvalue weighted by Crippen LogP contribution is -2.36. The van der Waals surface area contributed by atoms with Crippen LogP contribution in [0.4, 0.5) is 0 Å². The summed E-state index contributed by atoms with van der Waals surface area (Å²) in [6, 6.07) is 10.5. The first-order chi connectivity index (χ1) is 10.3. The second kappa shape index (κ2) is 5.71. The molecule has 0 saturated heterocycles. The zero-order valence-electron chi connectivity index (χ0n) is 12.8. The number of nitrogens with zero attached hydrogens (tertiary/aromatic N) is 1. The van der Waals surface area contributed by atoms with Gasteiger partial charge in [0.25, 0.3) is 0 Å². The molecule has 0 atom stereocenters. The van der Waals surface area contributed by atoms with E-state index in [1.807, 2.05) is 11.3 Å². The molecule has 1 heterocycles. The molecule has 1 N–H and O–H groups in total. The van der Waals surface area contributed by atoms with Crippen molar-refractivity contribution in [3.05, 3.63) is 34.7 Å². The van der Waals surface area contributed by atoms with Gasteiger partial charge in [0.2, 0.25) is 0 Å². The first-order valence-electron chi connectivity index (χ1n) is 8.24. The second-order valence-electron chi connectivity index (χ2n) is 6.65. The highest BCUT2D eigenvalue weighted by Gasteiger charge is 2.25. The van der Waals surface area contributed by atoms with Crippen LogP contribution in [0.5, 0.6) is 0 Å². The zero-order valence-corrected chi connectivity index (χ0v) is 13.6. The molecule has 2 aliphatic rings. The van der Waals surface area contributed by atoms with Gasteiger partial charge in [-0.1, -0.05) is 24.6 Å². The number of fused-ring (bicyclic) bond motifs is 1. The van der Waals surface area contributed by atoms with Crippen LogP contribution in [0.2, 0.25) is 0 Å². The highest BCUT2D eigenvalue weighted by molar-refractivity contribution is 7.19. The molecule has 0 aliphatic heterocycles. The van der Waals surface area contributed by atoms with E-state index in [9.17, 15) is 0 Å². The Bertz CT molecular complexity index is 625. The van der Waals surface area contributed by atoms with Gasteiger partial charge in [-0.2, -0.15) is 0 Å². The molecule has 0 spiro atoms. The third-order valence-corrected chi connectivity index (χ3v) is 6.23. The van der Waals surface area contributed by atoms with Gasteiger partial charge in [-0.05, 0) is 49.7 Å². The first kappa shape index (κ1) is 13.7. The number of thiophene rings is 1. The molecule has 0 amide bonds. The van der Waals surface area contributed by atoms with E-state index >= 15 is 0 Å². The highest BCUT2D eigenvalue weighted by atomic mass is 32.1. The van der Waals surface area contributed by atoms with Gasteiger partial charge in [-0.25, -0.2) is 0 Å². The monoisotopic (exact) mass is 300 g/mol. The van der Waals surface area contributed by atoms with Crippen molar-refractivity contribution < 1.29 is 0 Å². The third-order valence-electron chi connectivity index (χ3n) is 5.02. The van der Waals surface area contributed by atoms with E-state index in [0.717, 1.165) is 25.2 Å². The fourth-order valence-corrected chi connectivity index (χ4v) is 4.36. The van der Waals surface area contributed by atoms with Gasteiger partial charge in [-0.15, -0.1) is 11.3 Å². The van der Waals surface area contributed by atoms with Gasteiger partial charge in [0.1, 0.15) is 0 Å². The Morgan fingerprint density at radius 1 is 1.19 bits per heavy atom. The minimum absolute atomic E-state index is 0.785. The SMILES string of the molecule is CN(Cc1c(CNC2CC2)sc2ccccc12)C1CCC1. The number of nitrogens with one attached hydrogen (secondary N) is 1. The maximum absolute atomic E-state index is 3.70. The lowest BCUT2D eigenvalue weighted by molar-refractivity contribution is 0.153. The van der Waals surface area contributed by atoms with Crippen LogP contribution in [0.15, 0.2) is 24.3 Å². The van der Waals surface area contributed by atoms with Crippen LogP contribution in [-0.4, -0.2) is 24.0 Å². The molecule has 2 saturated carbocycles. The molecule has 112 valence electrons. The molecule has 0 unspecified atom stereocenters. The second-order valence-corrected chi connectivity index (χ2v) is 7.79. The van der Waals surface area contributed by atoms with Gasteiger partial charge >= 0.3 is 0 Å². The van der Waals surface area contributed by atoms with E-state index in [0.29, 0.717) is 0 Å². The molecule has 1 aromatic heterocycles. The maximum Gasteiger partial charge on any atom is 0.0349 e. The largest absolute Gasteiger partial charge is 0.309 e. The predicted molar refractivity (Wildman–Crippen MR) is 90.8 cm³/mol. The van der Waals surface area contributed by atoms with E-state index in [1.165, 1.54) is 42.2 Å². The fraction of sp³-hybridized carbons (Fsp3) is 0.556. The zero-order chi connectivity index (χ0) is 14.2. The van der Waals surface area contributed by atoms with Crippen LogP contribution in [0.1, 0.15) is 42.5 Å². The molecular formula is C18H24N2S. The van der Waals surface area contributed by atoms with E-state index < -0.39 is 0 Å². The lowest BCUT2D eigenvalue weighted by Gasteiger charge is -2.35. The summed E-state index contributed by atoms with van der Waals surface area (Å²) in [4.78, 5) is 4.12. The van der Waals surface area contributed by atoms with Crippen LogP contribution < -0.4 is 5.32 Å². The van der Waals surface area contributed by atoms with Crippen LogP contribution >= 0.6 is 11.3 Å². The average Bonchev–Trinajstić information content (AvgIpc) is 3.18. The summed E-state index contributed by atoms with van der Waals surface area (Å²) in [5, 5.41) is 5.17. The number of hydrogen-bond donors (Lipinski definition) is 1. The van der Waals surface area contributed by atoms with Crippen molar-refractivity contribution in [2.45, 2.75) is 57.3 Å². The van der Waals surface area contributed by atoms with Crippen LogP contribution in [0.25, 0.3) is 10.1 Å². The van der Waals surface area contributed by atoms with E-state index in [-0.39, 0.29) is 0 Å². The summed E-state index contributed by atoms with van der Waals surface area (Å²) in [7, 11) is 2.30. The summed E-state index contributed by atoms with van der Waals surface area (Å²) >= 11 is 1.98. The Balaban J connectivity index is 1.60. The van der Waals surface area contributed by atoms with Crippen molar-refractivity contribution in [1.29, 1.82) is 0 Å². The summed E-state index contributed by atoms with van der Waals surface area (Å²) < 4.78 is 1.45. The van der Waals surface area contributed by atoms with Crippen molar-refractivity contribution in [2.75, 3.05) is 7.05 Å². The van der Waals surface area contributed by atoms with E-state index in [1.54, 1.807) is 10.4 Å². The first-order valence-corrected chi connectivity index (χ1v) is 9.06. The Kier molecular flexibility index (Phi) is 3.74. The Morgan fingerprint density at radius 3 is 2.71 bits per heavy atom. The number of benzene rings is 1. The van der Waals surface area contributed by atoms with Crippen molar-refractivity contribution in [2.24, 2.45) is 0 Å². The molecule has 2 fully saturated rings. The molecule has 2 nitrogen and oxygen atoms in total. The highest BCUT2D eigenvalue weighted by Crippen LogP contribution is 2.34. The molecule has 2 aliphatic carbocycles. The summed E-state index contributed by atoms with van der Waals surface area (Å²) in [5.41, 5.74) is 1.57. The standard InChI is InChI=1S/C18H24N2S/c1-20(14-5-4-6-14)12-16-15-7-2-3-8-17(15)21-18(16)11-19-13-9-10-13/h2-3,7-8,13-14,19H,4-6,9-12H2,1H3. The van der Waals surface area contributed by atoms with Crippen molar-refractivity contribution in [3.63, 3.8) is 0 Å². The molecule has 21 heavy (non-hydrogen) atoms. The molecule has 0 radical (unpaired) electrons. The normalized spacial score (nSPS) is 19.3. The fourth-order valence-electron chi connectivity index (χ4n) is 3.20. The van der Waals surface area contributed by atoms with E-state index in [2.05, 4.69) is 41.5 Å². The number of hydrogen-bond acceptors (Lipinski definition) is 3. The van der Waals surface area contributed by atoms with Crippen molar-refractivity contribution in [3.8, 4) is 0 Å². The van der Waals surface area contributed by atoms with Gasteiger partial charge in [-0.3, -0.25) is 4.90 Å². The molecule has 1 aromatic carbocycles. The maximum atomic E-state index is 3.70. The summed E-state index contributed by atoms with van der Waals surface area (Å²) in [6.07, 6.45) is 6.91. The lowest BCUT2D eigenvalue weighted by atomic mass is 9.91. The summed E-state index contributed by atoms with van der Waals surface area (Å²) in [5.74, 6) is 0. The molecule has 3 heteroatoms. The Morgan fingerprint density at radius 2 is 2.00 bits per heavy atom. The van der Waals surface area contributed by atoms with Crippen LogP contribution in [-0.2, 0) is 13.1 Å². The average molecular weight is 300 g/mol.